The van der Waals surface area contributed by atoms with Crippen molar-refractivity contribution in [3.8, 4) is 0 Å². The van der Waals surface area contributed by atoms with Crippen molar-refractivity contribution in [3.63, 3.8) is 0 Å². The van der Waals surface area contributed by atoms with Crippen molar-refractivity contribution in [2.24, 2.45) is 0 Å². The van der Waals surface area contributed by atoms with E-state index in [4.69, 9.17) is 0 Å². The average molecular weight is 317 g/mol. The average Bonchev–Trinajstić information content (AvgIpc) is 2.72. The summed E-state index contributed by atoms with van der Waals surface area (Å²) in [6, 6.07) is 9.00. The van der Waals surface area contributed by atoms with Crippen molar-refractivity contribution in [2.45, 2.75) is 25.8 Å². The largest absolute Gasteiger partial charge is 0.352 e. The number of amides is 5. The summed E-state index contributed by atoms with van der Waals surface area (Å²) in [6.07, 6.45) is 1.54. The number of likely N-dealkylation sites (N-methyl/N-ethyl adjacent to an activating group) is 1. The van der Waals surface area contributed by atoms with E-state index in [-0.39, 0.29) is 6.04 Å². The topological polar surface area (TPSA) is 86.8 Å². The van der Waals surface area contributed by atoms with Crippen molar-refractivity contribution in [2.75, 3.05) is 13.6 Å². The van der Waals surface area contributed by atoms with E-state index in [1.54, 1.807) is 0 Å². The van der Waals surface area contributed by atoms with Crippen LogP contribution in [0.1, 0.15) is 18.9 Å². The summed E-state index contributed by atoms with van der Waals surface area (Å²) in [5.41, 5.74) is 1.17. The molecule has 1 heterocycles. The summed E-state index contributed by atoms with van der Waals surface area (Å²) < 4.78 is 0. The van der Waals surface area contributed by atoms with Gasteiger partial charge in [0.2, 0.25) is 5.91 Å². The Balaban J connectivity index is 1.81. The number of hydrogen-bond acceptors (Lipinski definition) is 4. The van der Waals surface area contributed by atoms with Crippen LogP contribution in [-0.4, -0.2) is 53.2 Å². The molecule has 1 aliphatic rings. The Labute approximate surface area is 134 Å². The molecule has 1 aliphatic heterocycles. The van der Waals surface area contributed by atoms with Crippen molar-refractivity contribution < 1.29 is 19.2 Å². The van der Waals surface area contributed by atoms with Crippen LogP contribution in [0.3, 0.4) is 0 Å². The van der Waals surface area contributed by atoms with Crippen molar-refractivity contribution in [1.82, 2.24) is 15.1 Å². The Bertz CT molecular complexity index is 629. The molecule has 1 atom stereocenters. The van der Waals surface area contributed by atoms with Crippen LogP contribution in [0.25, 0.3) is 0 Å². The highest BCUT2D eigenvalue weighted by Gasteiger charge is 2.42. The number of nitrogens with one attached hydrogen (secondary N) is 1. The van der Waals surface area contributed by atoms with E-state index in [1.165, 1.54) is 12.6 Å². The first-order valence-electron chi connectivity index (χ1n) is 7.37. The fourth-order valence-corrected chi connectivity index (χ4v) is 2.32. The summed E-state index contributed by atoms with van der Waals surface area (Å²) >= 11 is 0. The molecule has 2 rings (SSSR count). The highest BCUT2D eigenvalue weighted by molar-refractivity contribution is 6.44. The maximum Gasteiger partial charge on any atom is 0.334 e. The molecule has 122 valence electrons. The lowest BCUT2D eigenvalue weighted by Crippen LogP contribution is -2.43. The van der Waals surface area contributed by atoms with Gasteiger partial charge >= 0.3 is 17.8 Å². The number of rotatable bonds is 6. The number of carbonyl (C=O) groups is 4. The van der Waals surface area contributed by atoms with Gasteiger partial charge < -0.3 is 5.32 Å². The molecule has 0 aliphatic carbocycles. The lowest BCUT2D eigenvalue weighted by Gasteiger charge is -2.17. The van der Waals surface area contributed by atoms with E-state index in [2.05, 4.69) is 5.32 Å². The molecule has 7 heteroatoms. The third kappa shape index (κ3) is 3.94. The minimum Gasteiger partial charge on any atom is -0.352 e. The van der Waals surface area contributed by atoms with Gasteiger partial charge in [-0.3, -0.25) is 19.3 Å². The number of carbonyl (C=O) groups excluding carboxylic acids is 4. The maximum absolute atomic E-state index is 11.9. The summed E-state index contributed by atoms with van der Waals surface area (Å²) in [7, 11) is 1.21. The van der Waals surface area contributed by atoms with Gasteiger partial charge in [-0.1, -0.05) is 30.3 Å². The zero-order chi connectivity index (χ0) is 17.0. The van der Waals surface area contributed by atoms with Gasteiger partial charge in [-0.2, -0.15) is 0 Å². The zero-order valence-electron chi connectivity index (χ0n) is 13.1. The Kier molecular flexibility index (Phi) is 5.10. The fraction of sp³-hybridized carbons (Fsp3) is 0.375. The first-order chi connectivity index (χ1) is 10.9. The zero-order valence-corrected chi connectivity index (χ0v) is 13.1. The van der Waals surface area contributed by atoms with E-state index in [0.29, 0.717) is 9.80 Å². The van der Waals surface area contributed by atoms with Crippen LogP contribution < -0.4 is 5.32 Å². The summed E-state index contributed by atoms with van der Waals surface area (Å²) in [5, 5.41) is 2.73. The van der Waals surface area contributed by atoms with E-state index < -0.39 is 30.3 Å². The van der Waals surface area contributed by atoms with Crippen LogP contribution in [0.5, 0.6) is 0 Å². The molecule has 0 spiro atoms. The smallest absolute Gasteiger partial charge is 0.334 e. The van der Waals surface area contributed by atoms with Crippen LogP contribution >= 0.6 is 0 Å². The van der Waals surface area contributed by atoms with Gasteiger partial charge in [0.25, 0.3) is 0 Å². The summed E-state index contributed by atoms with van der Waals surface area (Å²) in [6.45, 7) is 1.41. The van der Waals surface area contributed by atoms with Gasteiger partial charge in [0, 0.05) is 13.1 Å². The van der Waals surface area contributed by atoms with Gasteiger partial charge in [-0.25, -0.2) is 9.69 Å². The lowest BCUT2D eigenvalue weighted by atomic mass is 10.1. The molecule has 0 radical (unpaired) electrons. The van der Waals surface area contributed by atoms with E-state index >= 15 is 0 Å². The molecule has 5 amide bonds. The highest BCUT2D eigenvalue weighted by Crippen LogP contribution is 2.09. The van der Waals surface area contributed by atoms with Crippen LogP contribution in [0, 0.1) is 0 Å². The fourth-order valence-electron chi connectivity index (χ4n) is 2.32. The molecular weight excluding hydrogens is 298 g/mol. The molecule has 1 fully saturated rings. The van der Waals surface area contributed by atoms with E-state index in [9.17, 15) is 19.2 Å². The number of benzene rings is 1. The molecule has 0 aromatic heterocycles. The minimum atomic E-state index is -0.968. The van der Waals surface area contributed by atoms with Crippen LogP contribution in [0.15, 0.2) is 30.3 Å². The third-order valence-corrected chi connectivity index (χ3v) is 3.67. The Morgan fingerprint density at radius 3 is 2.35 bits per heavy atom. The first-order valence-corrected chi connectivity index (χ1v) is 7.37. The number of nitrogens with zero attached hydrogens (tertiary/aromatic N) is 2. The molecule has 1 aromatic carbocycles. The van der Waals surface area contributed by atoms with Gasteiger partial charge in [0.15, 0.2) is 0 Å². The molecule has 0 saturated carbocycles. The normalized spacial score (nSPS) is 16.0. The number of hydrogen-bond donors (Lipinski definition) is 1. The van der Waals surface area contributed by atoms with Gasteiger partial charge in [-0.15, -0.1) is 0 Å². The maximum atomic E-state index is 11.9. The Morgan fingerprint density at radius 2 is 1.78 bits per heavy atom. The highest BCUT2D eigenvalue weighted by atomic mass is 16.2. The standard InChI is InChI=1S/C16H19N3O4/c1-11(8-9-12-6-4-3-5-7-12)17-13(20)10-19-15(22)14(21)18(2)16(19)23/h3-7,11H,8-10H2,1-2H3,(H,17,20)/t11-/m0/s1. The van der Waals surface area contributed by atoms with Gasteiger partial charge in [-0.05, 0) is 25.3 Å². The second kappa shape index (κ2) is 7.04. The SMILES string of the molecule is C[C@@H](CCc1ccccc1)NC(=O)CN1C(=O)C(=O)N(C)C1=O. The second-order valence-electron chi connectivity index (χ2n) is 5.53. The lowest BCUT2D eigenvalue weighted by molar-refractivity contribution is -0.143. The predicted octanol–water partition coefficient (Wildman–Crippen LogP) is 0.544. The molecule has 0 unspecified atom stereocenters. The van der Waals surface area contributed by atoms with E-state index in [0.717, 1.165) is 12.8 Å². The van der Waals surface area contributed by atoms with E-state index in [1.807, 2.05) is 37.3 Å². The molecule has 1 N–H and O–H groups in total. The van der Waals surface area contributed by atoms with Crippen molar-refractivity contribution in [3.05, 3.63) is 35.9 Å². The Morgan fingerprint density at radius 1 is 1.13 bits per heavy atom. The quantitative estimate of drug-likeness (QED) is 0.613. The molecule has 0 bridgehead atoms. The summed E-state index contributed by atoms with van der Waals surface area (Å²) in [5.74, 6) is -2.35. The first kappa shape index (κ1) is 16.7. The minimum absolute atomic E-state index is 0.107. The number of imide groups is 2. The third-order valence-electron chi connectivity index (χ3n) is 3.67. The second-order valence-corrected chi connectivity index (χ2v) is 5.53. The molecule has 1 aromatic rings. The number of urea groups is 1. The van der Waals surface area contributed by atoms with Crippen molar-refractivity contribution in [1.29, 1.82) is 0 Å². The number of aryl methyl sites for hydroxylation is 1. The summed E-state index contributed by atoms with van der Waals surface area (Å²) in [4.78, 5) is 47.9. The van der Waals surface area contributed by atoms with Crippen molar-refractivity contribution >= 4 is 23.8 Å². The molecule has 7 nitrogen and oxygen atoms in total. The predicted molar refractivity (Wildman–Crippen MR) is 82.2 cm³/mol. The van der Waals surface area contributed by atoms with Gasteiger partial charge in [0.05, 0.1) is 0 Å². The van der Waals surface area contributed by atoms with Crippen LogP contribution in [-0.2, 0) is 20.8 Å². The monoisotopic (exact) mass is 317 g/mol. The molecule has 23 heavy (non-hydrogen) atoms. The van der Waals surface area contributed by atoms with Crippen LogP contribution in [0.4, 0.5) is 4.79 Å². The van der Waals surface area contributed by atoms with Crippen LogP contribution in [0.2, 0.25) is 0 Å². The molecular formula is C16H19N3O4. The van der Waals surface area contributed by atoms with Gasteiger partial charge in [0.1, 0.15) is 6.54 Å². The Hall–Kier alpha value is -2.70. The molecule has 1 saturated heterocycles.